The number of rotatable bonds is 9. The van der Waals surface area contributed by atoms with Gasteiger partial charge < -0.3 is 18.8 Å². The number of aliphatic imine (C=N–C) groups is 1. The number of carbonyl (C=O) groups excluding carboxylic acids is 2. The first-order chi connectivity index (χ1) is 13.5. The molecule has 0 heterocycles. The van der Waals surface area contributed by atoms with Crippen molar-refractivity contribution in [3.05, 3.63) is 25.3 Å². The molecule has 162 valence electrons. The van der Waals surface area contributed by atoms with Crippen LogP contribution in [0.3, 0.4) is 0 Å². The van der Waals surface area contributed by atoms with E-state index in [1.165, 1.54) is 13.8 Å². The molecule has 2 rings (SSSR count). The molecule has 0 aliphatic heterocycles. The standard InChI is InChI=1S/C21H34N2O5Si/c1-8-10-22-20(28-29(5,6)7)23(11-9-2)18-12-19(27-16(4)25)21(13-17(18)21)14-26-15(3)24/h8-9,17-19H,1-2,10-14H2,3-7H3/t17-,18+,19+,21+/m1/s1. The number of nitrogens with zero attached hydrogens (tertiary/aromatic N) is 2. The van der Waals surface area contributed by atoms with Crippen LogP contribution in [0.15, 0.2) is 30.3 Å². The van der Waals surface area contributed by atoms with E-state index in [0.29, 0.717) is 25.5 Å². The quantitative estimate of drug-likeness (QED) is 0.187. The number of hydrogen-bond donors (Lipinski definition) is 0. The van der Waals surface area contributed by atoms with Crippen molar-refractivity contribution in [2.45, 2.75) is 58.5 Å². The maximum Gasteiger partial charge on any atom is 0.302 e. The van der Waals surface area contributed by atoms with E-state index in [4.69, 9.17) is 13.9 Å². The molecule has 0 aromatic heterocycles. The highest BCUT2D eigenvalue weighted by Gasteiger charge is 2.70. The van der Waals surface area contributed by atoms with Gasteiger partial charge in [0.1, 0.15) is 12.7 Å². The van der Waals surface area contributed by atoms with Gasteiger partial charge in [-0.1, -0.05) is 12.2 Å². The van der Waals surface area contributed by atoms with Crippen LogP contribution in [0.2, 0.25) is 19.6 Å². The van der Waals surface area contributed by atoms with Crippen molar-refractivity contribution < 1.29 is 23.5 Å². The summed E-state index contributed by atoms with van der Waals surface area (Å²) in [5.74, 6) is -0.420. The predicted molar refractivity (Wildman–Crippen MR) is 115 cm³/mol. The Hall–Kier alpha value is -2.09. The Kier molecular flexibility index (Phi) is 7.32. The molecule has 0 spiro atoms. The van der Waals surface area contributed by atoms with Crippen molar-refractivity contribution in [2.24, 2.45) is 16.3 Å². The first-order valence-electron chi connectivity index (χ1n) is 10.1. The van der Waals surface area contributed by atoms with Gasteiger partial charge in [-0.2, -0.15) is 0 Å². The van der Waals surface area contributed by atoms with Gasteiger partial charge >= 0.3 is 11.9 Å². The zero-order chi connectivity index (χ0) is 21.8. The van der Waals surface area contributed by atoms with E-state index in [-0.39, 0.29) is 42.0 Å². The smallest absolute Gasteiger partial charge is 0.302 e. The third-order valence-electron chi connectivity index (χ3n) is 5.32. The fraction of sp³-hybridized carbons (Fsp3) is 0.667. The lowest BCUT2D eigenvalue weighted by atomic mass is 10.0. The number of hydrogen-bond acceptors (Lipinski definition) is 6. The maximum absolute atomic E-state index is 11.7. The van der Waals surface area contributed by atoms with E-state index >= 15 is 0 Å². The minimum atomic E-state index is -1.91. The Labute approximate surface area is 174 Å². The molecule has 0 radical (unpaired) electrons. The number of esters is 2. The molecule has 4 atom stereocenters. The van der Waals surface area contributed by atoms with Gasteiger partial charge in [0, 0.05) is 38.3 Å². The van der Waals surface area contributed by atoms with Gasteiger partial charge in [-0.25, -0.2) is 4.99 Å². The summed E-state index contributed by atoms with van der Waals surface area (Å²) in [4.78, 5) is 29.8. The van der Waals surface area contributed by atoms with E-state index < -0.39 is 8.32 Å². The third-order valence-corrected chi connectivity index (χ3v) is 6.11. The fourth-order valence-electron chi connectivity index (χ4n) is 4.16. The van der Waals surface area contributed by atoms with Crippen molar-refractivity contribution >= 4 is 26.3 Å². The normalized spacial score (nSPS) is 28.2. The lowest BCUT2D eigenvalue weighted by Gasteiger charge is -2.35. The SMILES string of the molecule is C=CCN=C(O[Si](C)(C)C)N(CC=C)[C@H]1C[C@H](OC(C)=O)[C@]2(COC(C)=O)C[C@H]12. The second-order valence-corrected chi connectivity index (χ2v) is 13.2. The van der Waals surface area contributed by atoms with Crippen LogP contribution in [0.5, 0.6) is 0 Å². The summed E-state index contributed by atoms with van der Waals surface area (Å²) < 4.78 is 17.3. The largest absolute Gasteiger partial charge is 0.519 e. The minimum Gasteiger partial charge on any atom is -0.519 e. The van der Waals surface area contributed by atoms with Crippen molar-refractivity contribution in [1.29, 1.82) is 0 Å². The molecule has 0 aromatic carbocycles. The topological polar surface area (TPSA) is 77.4 Å². The number of ether oxygens (including phenoxy) is 2. The third kappa shape index (κ3) is 5.71. The van der Waals surface area contributed by atoms with E-state index in [2.05, 4.69) is 42.7 Å². The Morgan fingerprint density at radius 1 is 1.21 bits per heavy atom. The Morgan fingerprint density at radius 2 is 1.90 bits per heavy atom. The summed E-state index contributed by atoms with van der Waals surface area (Å²) in [6.07, 6.45) is 4.73. The molecule has 0 amide bonds. The van der Waals surface area contributed by atoms with Crippen molar-refractivity contribution in [2.75, 3.05) is 19.7 Å². The first-order valence-corrected chi connectivity index (χ1v) is 13.5. The van der Waals surface area contributed by atoms with Gasteiger partial charge in [-0.05, 0) is 32.0 Å². The van der Waals surface area contributed by atoms with Crippen LogP contribution < -0.4 is 0 Å². The first kappa shape index (κ1) is 23.2. The molecule has 2 fully saturated rings. The van der Waals surface area contributed by atoms with Crippen LogP contribution in [0.4, 0.5) is 0 Å². The molecular formula is C21H34N2O5Si. The molecule has 2 aliphatic carbocycles. The van der Waals surface area contributed by atoms with Crippen LogP contribution in [0.25, 0.3) is 0 Å². The second-order valence-electron chi connectivity index (χ2n) is 8.79. The zero-order valence-corrected chi connectivity index (χ0v) is 19.3. The highest BCUT2D eigenvalue weighted by molar-refractivity contribution is 6.71. The Bertz CT molecular complexity index is 687. The van der Waals surface area contributed by atoms with Gasteiger partial charge in [0.25, 0.3) is 6.02 Å². The van der Waals surface area contributed by atoms with Gasteiger partial charge in [0.15, 0.2) is 0 Å². The van der Waals surface area contributed by atoms with Crippen LogP contribution in [-0.2, 0) is 23.5 Å². The van der Waals surface area contributed by atoms with Gasteiger partial charge in [-0.15, -0.1) is 13.2 Å². The van der Waals surface area contributed by atoms with Crippen LogP contribution >= 0.6 is 0 Å². The average Bonchev–Trinajstić information content (AvgIpc) is 3.26. The zero-order valence-electron chi connectivity index (χ0n) is 18.3. The Balaban J connectivity index is 2.32. The summed E-state index contributed by atoms with van der Waals surface area (Å²) in [6.45, 7) is 18.1. The van der Waals surface area contributed by atoms with Crippen molar-refractivity contribution in [3.8, 4) is 0 Å². The molecule has 0 unspecified atom stereocenters. The molecule has 0 bridgehead atoms. The van der Waals surface area contributed by atoms with Gasteiger partial charge in [0.05, 0.1) is 6.54 Å². The van der Waals surface area contributed by atoms with Gasteiger partial charge in [0.2, 0.25) is 8.32 Å². The molecule has 29 heavy (non-hydrogen) atoms. The summed E-state index contributed by atoms with van der Waals surface area (Å²) in [5, 5.41) is 0. The number of fused-ring (bicyclic) bond motifs is 1. The van der Waals surface area contributed by atoms with Crippen LogP contribution in [0.1, 0.15) is 26.7 Å². The summed E-state index contributed by atoms with van der Waals surface area (Å²) in [7, 11) is -1.91. The Morgan fingerprint density at radius 3 is 2.41 bits per heavy atom. The summed E-state index contributed by atoms with van der Waals surface area (Å²) in [6, 6.07) is 0.651. The highest BCUT2D eigenvalue weighted by atomic mass is 28.4. The average molecular weight is 423 g/mol. The molecular weight excluding hydrogens is 388 g/mol. The highest BCUT2D eigenvalue weighted by Crippen LogP contribution is 2.65. The fourth-order valence-corrected chi connectivity index (χ4v) is 4.89. The summed E-state index contributed by atoms with van der Waals surface area (Å²) in [5.41, 5.74) is -0.329. The van der Waals surface area contributed by atoms with Crippen LogP contribution in [0, 0.1) is 11.3 Å². The number of amidine groups is 1. The minimum absolute atomic E-state index is 0.0628. The molecule has 2 aliphatic rings. The van der Waals surface area contributed by atoms with E-state index in [0.717, 1.165) is 6.42 Å². The summed E-state index contributed by atoms with van der Waals surface area (Å²) >= 11 is 0. The van der Waals surface area contributed by atoms with E-state index in [1.54, 1.807) is 6.08 Å². The molecule has 0 aromatic rings. The molecule has 0 saturated heterocycles. The number of carbonyl (C=O) groups is 2. The monoisotopic (exact) mass is 422 g/mol. The molecule has 0 N–H and O–H groups in total. The van der Waals surface area contributed by atoms with Crippen molar-refractivity contribution in [1.82, 2.24) is 4.90 Å². The predicted octanol–water partition coefficient (Wildman–Crippen LogP) is 3.14. The molecule has 2 saturated carbocycles. The maximum atomic E-state index is 11.7. The van der Waals surface area contributed by atoms with Gasteiger partial charge in [-0.3, -0.25) is 9.59 Å². The molecule has 8 heteroatoms. The lowest BCUT2D eigenvalue weighted by Crippen LogP contribution is -2.46. The molecule has 7 nitrogen and oxygen atoms in total. The second kappa shape index (κ2) is 9.15. The van der Waals surface area contributed by atoms with E-state index in [9.17, 15) is 9.59 Å². The van der Waals surface area contributed by atoms with E-state index in [1.807, 2.05) is 6.08 Å². The lowest BCUT2D eigenvalue weighted by molar-refractivity contribution is -0.153. The van der Waals surface area contributed by atoms with Crippen LogP contribution in [-0.4, -0.2) is 63.0 Å². The van der Waals surface area contributed by atoms with Crippen molar-refractivity contribution in [3.63, 3.8) is 0 Å².